The van der Waals surface area contributed by atoms with Gasteiger partial charge in [-0.1, -0.05) is 18.5 Å². The Balaban J connectivity index is 2.11. The topological polar surface area (TPSA) is 53.1 Å². The van der Waals surface area contributed by atoms with Crippen molar-refractivity contribution in [3.63, 3.8) is 0 Å². The van der Waals surface area contributed by atoms with Gasteiger partial charge < -0.3 is 15.5 Å². The van der Waals surface area contributed by atoms with Crippen LogP contribution in [-0.4, -0.2) is 34.2 Å². The van der Waals surface area contributed by atoms with Crippen LogP contribution in [0.5, 0.6) is 0 Å². The van der Waals surface area contributed by atoms with E-state index in [0.717, 1.165) is 18.9 Å². The molecule has 7 heteroatoms. The number of nitrogens with one attached hydrogen (secondary N) is 2. The van der Waals surface area contributed by atoms with Gasteiger partial charge in [0.05, 0.1) is 0 Å². The fourth-order valence-electron chi connectivity index (χ4n) is 2.42. The molecule has 0 aromatic carbocycles. The fourth-order valence-corrected chi connectivity index (χ4v) is 2.93. The van der Waals surface area contributed by atoms with Crippen molar-refractivity contribution < 1.29 is 0 Å². The zero-order chi connectivity index (χ0) is 15.4. The summed E-state index contributed by atoms with van der Waals surface area (Å²) in [6.07, 6.45) is 2.45. The second kappa shape index (κ2) is 7.22. The second-order valence-corrected chi connectivity index (χ2v) is 6.61. The SMILES string of the molecule is CC(C)NC(=S)Nc1nc(Cl)cc(N2CCC[C@@H](C)C2)n1. The number of rotatable bonds is 3. The summed E-state index contributed by atoms with van der Waals surface area (Å²) in [5.41, 5.74) is 0. The first-order valence-corrected chi connectivity index (χ1v) is 8.09. The molecule has 0 aliphatic carbocycles. The molecule has 0 amide bonds. The summed E-state index contributed by atoms with van der Waals surface area (Å²) in [5, 5.41) is 7.02. The molecule has 2 N–H and O–H groups in total. The molecule has 0 bridgehead atoms. The van der Waals surface area contributed by atoms with E-state index in [4.69, 9.17) is 23.8 Å². The minimum Gasteiger partial charge on any atom is -0.360 e. The van der Waals surface area contributed by atoms with Crippen molar-refractivity contribution in [2.24, 2.45) is 5.92 Å². The molecule has 0 unspecified atom stereocenters. The number of hydrogen-bond acceptors (Lipinski definition) is 4. The average molecular weight is 328 g/mol. The molecule has 2 rings (SSSR count). The molecule has 1 aliphatic heterocycles. The Hall–Kier alpha value is -1.14. The van der Waals surface area contributed by atoms with Crippen LogP contribution in [0.15, 0.2) is 6.07 Å². The molecule has 2 heterocycles. The highest BCUT2D eigenvalue weighted by atomic mass is 35.5. The van der Waals surface area contributed by atoms with Crippen LogP contribution >= 0.6 is 23.8 Å². The van der Waals surface area contributed by atoms with Crippen molar-refractivity contribution in [2.75, 3.05) is 23.3 Å². The van der Waals surface area contributed by atoms with Crippen molar-refractivity contribution in [1.29, 1.82) is 0 Å². The van der Waals surface area contributed by atoms with E-state index in [1.807, 2.05) is 19.9 Å². The molecular weight excluding hydrogens is 306 g/mol. The van der Waals surface area contributed by atoms with Crippen LogP contribution in [0.3, 0.4) is 0 Å². The summed E-state index contributed by atoms with van der Waals surface area (Å²) in [6.45, 7) is 8.31. The van der Waals surface area contributed by atoms with E-state index < -0.39 is 0 Å². The molecule has 1 aliphatic rings. The normalized spacial score (nSPS) is 18.7. The molecule has 0 radical (unpaired) electrons. The molecular formula is C14H22ClN5S. The van der Waals surface area contributed by atoms with E-state index >= 15 is 0 Å². The van der Waals surface area contributed by atoms with Crippen LogP contribution in [0, 0.1) is 5.92 Å². The Morgan fingerprint density at radius 3 is 2.90 bits per heavy atom. The van der Waals surface area contributed by atoms with Gasteiger partial charge >= 0.3 is 0 Å². The van der Waals surface area contributed by atoms with Gasteiger partial charge in [0, 0.05) is 25.2 Å². The number of piperidine rings is 1. The molecule has 116 valence electrons. The third-order valence-electron chi connectivity index (χ3n) is 3.31. The molecule has 0 saturated carbocycles. The first-order chi connectivity index (χ1) is 9.94. The lowest BCUT2D eigenvalue weighted by Gasteiger charge is -2.32. The van der Waals surface area contributed by atoms with Crippen LogP contribution in [-0.2, 0) is 0 Å². The zero-order valence-electron chi connectivity index (χ0n) is 12.7. The van der Waals surface area contributed by atoms with E-state index in [2.05, 4.69) is 32.4 Å². The average Bonchev–Trinajstić information content (AvgIpc) is 2.36. The van der Waals surface area contributed by atoms with E-state index in [0.29, 0.717) is 22.1 Å². The van der Waals surface area contributed by atoms with Crippen molar-refractivity contribution in [2.45, 2.75) is 39.7 Å². The van der Waals surface area contributed by atoms with Gasteiger partial charge in [-0.3, -0.25) is 0 Å². The second-order valence-electron chi connectivity index (χ2n) is 5.82. The minimum absolute atomic E-state index is 0.256. The maximum absolute atomic E-state index is 6.11. The highest BCUT2D eigenvalue weighted by molar-refractivity contribution is 7.80. The Morgan fingerprint density at radius 1 is 1.48 bits per heavy atom. The van der Waals surface area contributed by atoms with Gasteiger partial charge in [-0.2, -0.15) is 4.98 Å². The Bertz CT molecular complexity index is 508. The van der Waals surface area contributed by atoms with E-state index in [-0.39, 0.29) is 6.04 Å². The maximum atomic E-state index is 6.11. The number of hydrogen-bond donors (Lipinski definition) is 2. The summed E-state index contributed by atoms with van der Waals surface area (Å²) in [5.74, 6) is 1.97. The highest BCUT2D eigenvalue weighted by Crippen LogP contribution is 2.24. The lowest BCUT2D eigenvalue weighted by molar-refractivity contribution is 0.444. The Morgan fingerprint density at radius 2 is 2.24 bits per heavy atom. The predicted octanol–water partition coefficient (Wildman–Crippen LogP) is 3.06. The number of nitrogens with zero attached hydrogens (tertiary/aromatic N) is 3. The number of halogens is 1. The van der Waals surface area contributed by atoms with E-state index in [1.54, 1.807) is 0 Å². The number of anilines is 2. The lowest BCUT2D eigenvalue weighted by Crippen LogP contribution is -2.36. The smallest absolute Gasteiger partial charge is 0.232 e. The molecule has 5 nitrogen and oxygen atoms in total. The Kier molecular flexibility index (Phi) is 5.58. The molecule has 1 aromatic rings. The van der Waals surface area contributed by atoms with Gasteiger partial charge in [-0.05, 0) is 44.8 Å². The van der Waals surface area contributed by atoms with Gasteiger partial charge in [0.2, 0.25) is 5.95 Å². The fraction of sp³-hybridized carbons (Fsp3) is 0.643. The van der Waals surface area contributed by atoms with Gasteiger partial charge in [0.1, 0.15) is 11.0 Å². The first kappa shape index (κ1) is 16.2. The first-order valence-electron chi connectivity index (χ1n) is 7.31. The Labute approximate surface area is 136 Å². The summed E-state index contributed by atoms with van der Waals surface area (Å²) < 4.78 is 0. The van der Waals surface area contributed by atoms with Crippen molar-refractivity contribution in [1.82, 2.24) is 15.3 Å². The lowest BCUT2D eigenvalue weighted by atomic mass is 10.0. The third kappa shape index (κ3) is 4.97. The monoisotopic (exact) mass is 327 g/mol. The molecule has 1 aromatic heterocycles. The van der Waals surface area contributed by atoms with Crippen LogP contribution in [0.25, 0.3) is 0 Å². The highest BCUT2D eigenvalue weighted by Gasteiger charge is 2.19. The summed E-state index contributed by atoms with van der Waals surface area (Å²) >= 11 is 11.3. The quantitative estimate of drug-likeness (QED) is 0.657. The summed E-state index contributed by atoms with van der Waals surface area (Å²) in [6, 6.07) is 2.07. The van der Waals surface area contributed by atoms with Crippen molar-refractivity contribution >= 4 is 40.7 Å². The van der Waals surface area contributed by atoms with Crippen LogP contribution < -0.4 is 15.5 Å². The minimum atomic E-state index is 0.256. The van der Waals surface area contributed by atoms with Crippen LogP contribution in [0.2, 0.25) is 5.15 Å². The molecule has 1 saturated heterocycles. The standard InChI is InChI=1S/C14H22ClN5S/c1-9(2)16-14(21)19-13-17-11(15)7-12(18-13)20-6-4-5-10(3)8-20/h7,9-10H,4-6,8H2,1-3H3,(H2,16,17,18,19,21)/t10-/m1/s1. The van der Waals surface area contributed by atoms with Crippen molar-refractivity contribution in [3.05, 3.63) is 11.2 Å². The van der Waals surface area contributed by atoms with Crippen LogP contribution in [0.1, 0.15) is 33.6 Å². The van der Waals surface area contributed by atoms with Gasteiger partial charge in [0.15, 0.2) is 5.11 Å². The molecule has 1 atom stereocenters. The summed E-state index contributed by atoms with van der Waals surface area (Å²) in [7, 11) is 0. The summed E-state index contributed by atoms with van der Waals surface area (Å²) in [4.78, 5) is 11.0. The van der Waals surface area contributed by atoms with E-state index in [9.17, 15) is 0 Å². The largest absolute Gasteiger partial charge is 0.360 e. The van der Waals surface area contributed by atoms with Gasteiger partial charge in [-0.25, -0.2) is 4.98 Å². The third-order valence-corrected chi connectivity index (χ3v) is 3.72. The zero-order valence-corrected chi connectivity index (χ0v) is 14.3. The van der Waals surface area contributed by atoms with Crippen LogP contribution in [0.4, 0.5) is 11.8 Å². The molecule has 0 spiro atoms. The van der Waals surface area contributed by atoms with Gasteiger partial charge in [0.25, 0.3) is 0 Å². The number of aromatic nitrogens is 2. The van der Waals surface area contributed by atoms with E-state index in [1.165, 1.54) is 12.8 Å². The molecule has 21 heavy (non-hydrogen) atoms. The predicted molar refractivity (Wildman–Crippen MR) is 92.1 cm³/mol. The maximum Gasteiger partial charge on any atom is 0.232 e. The molecule has 1 fully saturated rings. The van der Waals surface area contributed by atoms with Crippen molar-refractivity contribution in [3.8, 4) is 0 Å². The number of thiocarbonyl (C=S) groups is 1. The van der Waals surface area contributed by atoms with Gasteiger partial charge in [-0.15, -0.1) is 0 Å².